The summed E-state index contributed by atoms with van der Waals surface area (Å²) in [7, 11) is 1.80. The minimum Gasteiger partial charge on any atom is -0.507 e. The molecule has 14 heteroatoms. The predicted octanol–water partition coefficient (Wildman–Crippen LogP) is 3.53. The molecule has 0 bridgehead atoms. The number of anilines is 1. The number of phenolic OH excluding ortho intramolecular Hbond substituents is 1. The van der Waals surface area contributed by atoms with Crippen molar-refractivity contribution in [2.24, 2.45) is 11.8 Å². The predicted molar refractivity (Wildman–Crippen MR) is 204 cm³/mol. The molecule has 2 N–H and O–H groups in total. The second-order valence-corrected chi connectivity index (χ2v) is 15.5. The van der Waals surface area contributed by atoms with Gasteiger partial charge in [0.25, 0.3) is 5.91 Å². The van der Waals surface area contributed by atoms with Gasteiger partial charge in [-0.25, -0.2) is 9.59 Å². The van der Waals surface area contributed by atoms with Crippen molar-refractivity contribution in [1.82, 2.24) is 19.6 Å². The number of esters is 1. The molecule has 1 atom stereocenters. The lowest BCUT2D eigenvalue weighted by Gasteiger charge is -2.41. The highest BCUT2D eigenvalue weighted by Crippen LogP contribution is 2.33. The van der Waals surface area contributed by atoms with Crippen molar-refractivity contribution in [2.45, 2.75) is 70.4 Å². The zero-order chi connectivity index (χ0) is 36.8. The van der Waals surface area contributed by atoms with Crippen LogP contribution >= 0.6 is 15.9 Å². The molecular formula is C38H51BBrN5O7. The molecule has 0 radical (unpaired) electrons. The summed E-state index contributed by atoms with van der Waals surface area (Å²) in [6.45, 7) is 6.98. The third-order valence-electron chi connectivity index (χ3n) is 11.4. The molecular weight excluding hydrogens is 729 g/mol. The van der Waals surface area contributed by atoms with Crippen LogP contribution in [0, 0.1) is 11.8 Å². The van der Waals surface area contributed by atoms with Gasteiger partial charge in [-0.1, -0.05) is 24.3 Å². The highest BCUT2D eigenvalue weighted by Gasteiger charge is 2.37. The SMILES string of the molecule is Bc1cc(C[C@@H](OC(=O)N2CCC(N3CCc4ccccc4NC3=O)CC2)C(=O)N2CCC(C3CCN(CC(=O)OCC)CC3)CC2)cc(Br)c1O. The van der Waals surface area contributed by atoms with E-state index in [1.165, 1.54) is 0 Å². The quantitative estimate of drug-likeness (QED) is 0.292. The summed E-state index contributed by atoms with van der Waals surface area (Å²) in [4.78, 5) is 60.4. The number of rotatable bonds is 9. The molecule has 0 aromatic heterocycles. The van der Waals surface area contributed by atoms with Gasteiger partial charge in [0.2, 0.25) is 0 Å². The highest BCUT2D eigenvalue weighted by molar-refractivity contribution is 9.10. The number of carbonyl (C=O) groups is 4. The van der Waals surface area contributed by atoms with E-state index in [0.29, 0.717) is 80.5 Å². The summed E-state index contributed by atoms with van der Waals surface area (Å²) < 4.78 is 11.7. The van der Waals surface area contributed by atoms with Crippen LogP contribution in [0.3, 0.4) is 0 Å². The number of aromatic hydroxyl groups is 1. The van der Waals surface area contributed by atoms with Crippen LogP contribution < -0.4 is 10.8 Å². The number of piperidine rings is 3. The van der Waals surface area contributed by atoms with Crippen molar-refractivity contribution in [2.75, 3.05) is 64.3 Å². The van der Waals surface area contributed by atoms with Crippen LogP contribution in [0.25, 0.3) is 0 Å². The number of nitrogens with zero attached hydrogens (tertiary/aromatic N) is 4. The van der Waals surface area contributed by atoms with Gasteiger partial charge in [-0.3, -0.25) is 14.5 Å². The molecule has 4 aliphatic rings. The Morgan fingerprint density at radius 1 is 0.942 bits per heavy atom. The number of para-hydroxylation sites is 1. The van der Waals surface area contributed by atoms with E-state index in [4.69, 9.17) is 9.47 Å². The van der Waals surface area contributed by atoms with Crippen molar-refractivity contribution in [3.8, 4) is 5.75 Å². The first-order chi connectivity index (χ1) is 25.1. The average Bonchev–Trinajstić information content (AvgIpc) is 3.31. The number of fused-ring (bicyclic) bond motifs is 1. The fourth-order valence-corrected chi connectivity index (χ4v) is 8.99. The van der Waals surface area contributed by atoms with Gasteiger partial charge in [0.05, 0.1) is 17.6 Å². The number of benzene rings is 2. The second kappa shape index (κ2) is 17.4. The molecule has 0 saturated carbocycles. The third-order valence-corrected chi connectivity index (χ3v) is 12.0. The summed E-state index contributed by atoms with van der Waals surface area (Å²) >= 11 is 3.42. The highest BCUT2D eigenvalue weighted by atomic mass is 79.9. The summed E-state index contributed by atoms with van der Waals surface area (Å²) in [5.41, 5.74) is 3.41. The Labute approximate surface area is 315 Å². The lowest BCUT2D eigenvalue weighted by Crippen LogP contribution is -2.52. The normalized spacial score (nSPS) is 20.1. The Morgan fingerprint density at radius 3 is 2.27 bits per heavy atom. The Morgan fingerprint density at radius 2 is 1.60 bits per heavy atom. The van der Waals surface area contributed by atoms with Crippen LogP contribution in [0.4, 0.5) is 15.3 Å². The van der Waals surface area contributed by atoms with Crippen molar-refractivity contribution < 1.29 is 33.8 Å². The number of nitrogens with one attached hydrogen (secondary N) is 1. The maximum atomic E-state index is 14.1. The third kappa shape index (κ3) is 9.23. The Hall–Kier alpha value is -3.78. The number of ether oxygens (including phenoxy) is 2. The van der Waals surface area contributed by atoms with Crippen molar-refractivity contribution in [3.05, 3.63) is 52.0 Å². The maximum Gasteiger partial charge on any atom is 0.410 e. The fourth-order valence-electron chi connectivity index (χ4n) is 8.38. The van der Waals surface area contributed by atoms with Crippen molar-refractivity contribution in [1.29, 1.82) is 0 Å². The Bertz CT molecular complexity index is 1580. The average molecular weight is 781 g/mol. The van der Waals surface area contributed by atoms with Crippen LogP contribution in [0.5, 0.6) is 5.75 Å². The van der Waals surface area contributed by atoms with Gasteiger partial charge < -0.3 is 34.6 Å². The van der Waals surface area contributed by atoms with E-state index < -0.39 is 12.2 Å². The number of hydrogen-bond acceptors (Lipinski definition) is 8. The van der Waals surface area contributed by atoms with Crippen LogP contribution in [0.1, 0.15) is 56.6 Å². The lowest BCUT2D eigenvalue weighted by atomic mass is 9.78. The fraction of sp³-hybridized carbons (Fsp3) is 0.579. The van der Waals surface area contributed by atoms with E-state index in [-0.39, 0.29) is 36.1 Å². The first-order valence-corrected chi connectivity index (χ1v) is 19.6. The standard InChI is InChI=1S/C38H51BBrN5O7/c1-2-51-34(46)24-42-14-7-26(8-15-42)27-9-16-43(17-10-27)36(48)33(23-25-21-30(39)35(47)31(40)22-25)52-38(50)44-18-12-29(13-19-44)45-20-11-28-5-3-4-6-32(28)41-37(45)49/h3-6,21-22,26-27,29,33,47H,2,7-20,23-24,39H2,1H3,(H,41,49)/t33-/m1/s1. The van der Waals surface area contributed by atoms with Crippen LogP contribution in [-0.2, 0) is 31.9 Å². The van der Waals surface area contributed by atoms with Gasteiger partial charge in [0.1, 0.15) is 13.6 Å². The molecule has 2 aromatic rings. The number of likely N-dealkylation sites (tertiary alicyclic amines) is 3. The maximum absolute atomic E-state index is 14.1. The summed E-state index contributed by atoms with van der Waals surface area (Å²) in [5, 5.41) is 13.4. The molecule has 0 unspecified atom stereocenters. The molecule has 280 valence electrons. The van der Waals surface area contributed by atoms with E-state index in [0.717, 1.165) is 62.0 Å². The summed E-state index contributed by atoms with van der Waals surface area (Å²) in [5.74, 6) is 0.833. The molecule has 3 saturated heterocycles. The van der Waals surface area contributed by atoms with Gasteiger partial charge in [-0.2, -0.15) is 0 Å². The number of amides is 4. The zero-order valence-corrected chi connectivity index (χ0v) is 31.9. The second-order valence-electron chi connectivity index (χ2n) is 14.6. The van der Waals surface area contributed by atoms with Crippen molar-refractivity contribution in [3.63, 3.8) is 0 Å². The number of phenols is 1. The minimum absolute atomic E-state index is 0.000730. The molecule has 4 heterocycles. The van der Waals surface area contributed by atoms with Crippen LogP contribution in [0.2, 0.25) is 0 Å². The molecule has 0 aliphatic carbocycles. The van der Waals surface area contributed by atoms with Gasteiger partial charge >= 0.3 is 18.1 Å². The number of carbonyl (C=O) groups excluding carboxylic acids is 4. The summed E-state index contributed by atoms with van der Waals surface area (Å²) in [6.07, 6.45) is 4.49. The van der Waals surface area contributed by atoms with Gasteiger partial charge in [-0.15, -0.1) is 0 Å². The summed E-state index contributed by atoms with van der Waals surface area (Å²) in [6, 6.07) is 11.3. The minimum atomic E-state index is -1.02. The van der Waals surface area contributed by atoms with Gasteiger partial charge in [-0.05, 0) is 121 Å². The molecule has 4 aliphatic heterocycles. The van der Waals surface area contributed by atoms with E-state index >= 15 is 0 Å². The van der Waals surface area contributed by atoms with Gasteiger partial charge in [0.15, 0.2) is 6.10 Å². The molecule has 6 rings (SSSR count). The van der Waals surface area contributed by atoms with Crippen LogP contribution in [-0.4, -0.2) is 128 Å². The molecule has 3 fully saturated rings. The number of hydrogen-bond donors (Lipinski definition) is 2. The van der Waals surface area contributed by atoms with E-state index in [2.05, 4.69) is 26.1 Å². The van der Waals surface area contributed by atoms with Gasteiger partial charge in [0, 0.05) is 50.9 Å². The topological polar surface area (TPSA) is 132 Å². The lowest BCUT2D eigenvalue weighted by molar-refractivity contribution is -0.144. The Balaban J connectivity index is 1.05. The smallest absolute Gasteiger partial charge is 0.410 e. The number of urea groups is 1. The van der Waals surface area contributed by atoms with E-state index in [9.17, 15) is 24.3 Å². The van der Waals surface area contributed by atoms with E-state index in [1.807, 2.05) is 47.1 Å². The van der Waals surface area contributed by atoms with Crippen molar-refractivity contribution >= 4 is 58.9 Å². The Kier molecular flexibility index (Phi) is 12.7. The first-order valence-electron chi connectivity index (χ1n) is 18.9. The molecule has 0 spiro atoms. The van der Waals surface area contributed by atoms with Crippen LogP contribution in [0.15, 0.2) is 40.9 Å². The molecule has 12 nitrogen and oxygen atoms in total. The molecule has 2 aromatic carbocycles. The number of halogens is 1. The first kappa shape index (κ1) is 38.0. The molecule has 52 heavy (non-hydrogen) atoms. The van der Waals surface area contributed by atoms with E-state index in [1.54, 1.807) is 18.8 Å². The molecule has 4 amide bonds. The monoisotopic (exact) mass is 779 g/mol. The largest absolute Gasteiger partial charge is 0.507 e. The zero-order valence-electron chi connectivity index (χ0n) is 30.4.